The SMILES string of the molecule is COc1ccc(Nc2ncc([S+](C)[O-])c(Nc3cccc(NC(=O)/C=C/CN(C)C)c3)n2)cn1. The summed E-state index contributed by atoms with van der Waals surface area (Å²) in [5.74, 6) is 0.954. The molecule has 1 aromatic carbocycles. The van der Waals surface area contributed by atoms with Gasteiger partial charge in [0.25, 0.3) is 0 Å². The Balaban J connectivity index is 1.76. The van der Waals surface area contributed by atoms with Crippen LogP contribution in [-0.4, -0.2) is 64.3 Å². The highest BCUT2D eigenvalue weighted by molar-refractivity contribution is 7.90. The van der Waals surface area contributed by atoms with Crippen LogP contribution in [0.2, 0.25) is 0 Å². The highest BCUT2D eigenvalue weighted by Gasteiger charge is 2.16. The zero-order valence-corrected chi connectivity index (χ0v) is 20.2. The van der Waals surface area contributed by atoms with Crippen LogP contribution in [0.5, 0.6) is 5.88 Å². The van der Waals surface area contributed by atoms with Crippen LogP contribution < -0.4 is 20.7 Å². The molecule has 0 aliphatic heterocycles. The van der Waals surface area contributed by atoms with Crippen LogP contribution in [-0.2, 0) is 16.0 Å². The van der Waals surface area contributed by atoms with Gasteiger partial charge in [0, 0.05) is 30.1 Å². The molecule has 0 spiro atoms. The van der Waals surface area contributed by atoms with Crippen LogP contribution in [0.3, 0.4) is 0 Å². The average molecular weight is 482 g/mol. The minimum absolute atomic E-state index is 0.226. The van der Waals surface area contributed by atoms with E-state index >= 15 is 0 Å². The summed E-state index contributed by atoms with van der Waals surface area (Å²) < 4.78 is 17.3. The number of aromatic nitrogens is 3. The number of carbonyl (C=O) groups excluding carboxylic acids is 1. The van der Waals surface area contributed by atoms with Gasteiger partial charge in [0.15, 0.2) is 5.82 Å². The molecule has 34 heavy (non-hydrogen) atoms. The summed E-state index contributed by atoms with van der Waals surface area (Å²) in [5.41, 5.74) is 1.95. The van der Waals surface area contributed by atoms with Gasteiger partial charge in [0.1, 0.15) is 6.26 Å². The highest BCUT2D eigenvalue weighted by Crippen LogP contribution is 2.26. The van der Waals surface area contributed by atoms with E-state index in [4.69, 9.17) is 4.74 Å². The summed E-state index contributed by atoms with van der Waals surface area (Å²) in [6.07, 6.45) is 7.94. The van der Waals surface area contributed by atoms with E-state index in [1.807, 2.05) is 25.1 Å². The van der Waals surface area contributed by atoms with Crippen molar-refractivity contribution in [1.29, 1.82) is 0 Å². The maximum atomic E-state index is 12.2. The number of anilines is 5. The lowest BCUT2D eigenvalue weighted by Gasteiger charge is -2.14. The number of methoxy groups -OCH3 is 1. The smallest absolute Gasteiger partial charge is 0.248 e. The first kappa shape index (κ1) is 25.0. The second-order valence-corrected chi connectivity index (χ2v) is 8.78. The largest absolute Gasteiger partial charge is 0.612 e. The summed E-state index contributed by atoms with van der Waals surface area (Å²) in [4.78, 5) is 27.4. The fourth-order valence-electron chi connectivity index (χ4n) is 2.80. The molecule has 3 aromatic rings. The topological polar surface area (TPSA) is 127 Å². The van der Waals surface area contributed by atoms with Crippen LogP contribution >= 0.6 is 0 Å². The van der Waals surface area contributed by atoms with Gasteiger partial charge in [-0.2, -0.15) is 4.98 Å². The number of nitrogens with zero attached hydrogens (tertiary/aromatic N) is 4. The Morgan fingerprint density at radius 3 is 2.59 bits per heavy atom. The molecule has 2 heterocycles. The van der Waals surface area contributed by atoms with Gasteiger partial charge in [-0.15, -0.1) is 0 Å². The van der Waals surface area contributed by atoms with Crippen LogP contribution in [0, 0.1) is 0 Å². The molecule has 178 valence electrons. The Morgan fingerprint density at radius 2 is 1.91 bits per heavy atom. The first-order chi connectivity index (χ1) is 16.3. The molecule has 3 N–H and O–H groups in total. The van der Waals surface area contributed by atoms with Gasteiger partial charge in [-0.3, -0.25) is 4.79 Å². The van der Waals surface area contributed by atoms with Crippen molar-refractivity contribution in [2.45, 2.75) is 4.90 Å². The Kier molecular flexibility index (Phi) is 8.79. The minimum atomic E-state index is -1.32. The summed E-state index contributed by atoms with van der Waals surface area (Å²) in [5, 5.41) is 9.07. The first-order valence-electron chi connectivity index (χ1n) is 10.3. The summed E-state index contributed by atoms with van der Waals surface area (Å²) in [6, 6.07) is 10.7. The quantitative estimate of drug-likeness (QED) is 0.295. The molecule has 10 nitrogen and oxygen atoms in total. The van der Waals surface area contributed by atoms with Crippen molar-refractivity contribution in [1.82, 2.24) is 19.9 Å². The van der Waals surface area contributed by atoms with E-state index in [-0.39, 0.29) is 5.91 Å². The second-order valence-electron chi connectivity index (χ2n) is 7.43. The second kappa shape index (κ2) is 12.0. The third-order valence-corrected chi connectivity index (χ3v) is 5.32. The molecule has 2 aromatic heterocycles. The van der Waals surface area contributed by atoms with Gasteiger partial charge >= 0.3 is 0 Å². The van der Waals surface area contributed by atoms with Crippen molar-refractivity contribution >= 4 is 45.9 Å². The maximum Gasteiger partial charge on any atom is 0.248 e. The van der Waals surface area contributed by atoms with Gasteiger partial charge in [-0.25, -0.2) is 9.97 Å². The Labute approximate surface area is 201 Å². The number of hydrogen-bond donors (Lipinski definition) is 3. The van der Waals surface area contributed by atoms with Gasteiger partial charge in [-0.1, -0.05) is 12.1 Å². The lowest BCUT2D eigenvalue weighted by atomic mass is 10.2. The summed E-state index contributed by atoms with van der Waals surface area (Å²) in [6.45, 7) is 0.669. The van der Waals surface area contributed by atoms with Crippen molar-refractivity contribution in [3.63, 3.8) is 0 Å². The molecule has 1 unspecified atom stereocenters. The maximum absolute atomic E-state index is 12.2. The van der Waals surface area contributed by atoms with Crippen LogP contribution in [0.15, 0.2) is 65.8 Å². The number of ether oxygens (including phenoxy) is 1. The monoisotopic (exact) mass is 481 g/mol. The number of hydrogen-bond acceptors (Lipinski definition) is 9. The fourth-order valence-corrected chi connectivity index (χ4v) is 3.37. The lowest BCUT2D eigenvalue weighted by molar-refractivity contribution is -0.111. The average Bonchev–Trinajstić information content (AvgIpc) is 2.79. The predicted molar refractivity (Wildman–Crippen MR) is 134 cm³/mol. The number of rotatable bonds is 10. The van der Waals surface area contributed by atoms with E-state index in [0.29, 0.717) is 46.1 Å². The number of pyridine rings is 1. The molecule has 0 aliphatic carbocycles. The predicted octanol–water partition coefficient (Wildman–Crippen LogP) is 3.16. The van der Waals surface area contributed by atoms with Gasteiger partial charge in [-0.05, 0) is 49.5 Å². The molecule has 0 aliphatic rings. The molecule has 1 amide bonds. The van der Waals surface area contributed by atoms with Gasteiger partial charge in [0.2, 0.25) is 22.6 Å². The minimum Gasteiger partial charge on any atom is -0.612 e. The molecule has 0 saturated carbocycles. The normalized spacial score (nSPS) is 11.9. The number of benzene rings is 1. The molecule has 0 fully saturated rings. The summed E-state index contributed by atoms with van der Waals surface area (Å²) >= 11 is -1.32. The number of likely N-dealkylation sites (N-methyl/N-ethyl adjacent to an activating group) is 1. The standard InChI is InChI=1S/C23H27N7O3S/c1-30(2)12-6-9-20(31)26-16-7-5-8-17(13-16)27-22-19(34(4)32)15-25-23(29-22)28-18-10-11-21(33-3)24-14-18/h5-11,13-15H,12H2,1-4H3,(H,26,31)(H2,25,27,28,29)/b9-6+. The molecule has 0 saturated heterocycles. The van der Waals surface area contributed by atoms with Crippen LogP contribution in [0.25, 0.3) is 0 Å². The molecule has 0 bridgehead atoms. The third-order valence-electron chi connectivity index (χ3n) is 4.40. The Hall–Kier alpha value is -3.67. The molecular formula is C23H27N7O3S. The van der Waals surface area contributed by atoms with E-state index in [9.17, 15) is 9.35 Å². The molecular weight excluding hydrogens is 454 g/mol. The zero-order valence-electron chi connectivity index (χ0n) is 19.4. The van der Waals surface area contributed by atoms with Crippen molar-refractivity contribution < 1.29 is 14.1 Å². The van der Waals surface area contributed by atoms with E-state index < -0.39 is 11.2 Å². The fraction of sp³-hybridized carbons (Fsp3) is 0.217. The lowest BCUT2D eigenvalue weighted by Crippen LogP contribution is -2.13. The van der Waals surface area contributed by atoms with Crippen molar-refractivity contribution in [2.24, 2.45) is 0 Å². The molecule has 0 radical (unpaired) electrons. The highest BCUT2D eigenvalue weighted by atomic mass is 32.2. The van der Waals surface area contributed by atoms with E-state index in [1.54, 1.807) is 56.0 Å². The number of carbonyl (C=O) groups is 1. The van der Waals surface area contributed by atoms with E-state index in [0.717, 1.165) is 0 Å². The van der Waals surface area contributed by atoms with E-state index in [1.165, 1.54) is 12.3 Å². The van der Waals surface area contributed by atoms with Crippen LogP contribution in [0.4, 0.5) is 28.8 Å². The summed E-state index contributed by atoms with van der Waals surface area (Å²) in [7, 11) is 5.40. The Bertz CT molecular complexity index is 1140. The molecule has 3 rings (SSSR count). The third kappa shape index (κ3) is 7.44. The van der Waals surface area contributed by atoms with Crippen molar-refractivity contribution in [3.8, 4) is 5.88 Å². The number of amides is 1. The van der Waals surface area contributed by atoms with Gasteiger partial charge in [0.05, 0.1) is 25.2 Å². The Morgan fingerprint density at radius 1 is 1.12 bits per heavy atom. The zero-order chi connectivity index (χ0) is 24.5. The number of nitrogens with one attached hydrogen (secondary N) is 3. The van der Waals surface area contributed by atoms with E-state index in [2.05, 4.69) is 30.9 Å². The van der Waals surface area contributed by atoms with Gasteiger partial charge < -0.3 is 30.1 Å². The molecule has 1 atom stereocenters. The van der Waals surface area contributed by atoms with Crippen molar-refractivity contribution in [3.05, 3.63) is 60.9 Å². The first-order valence-corrected chi connectivity index (χ1v) is 11.9. The van der Waals surface area contributed by atoms with Crippen molar-refractivity contribution in [2.75, 3.05) is 50.0 Å². The molecule has 11 heteroatoms. The van der Waals surface area contributed by atoms with Crippen LogP contribution in [0.1, 0.15) is 0 Å².